The van der Waals surface area contributed by atoms with Gasteiger partial charge in [-0.1, -0.05) is 26.3 Å². The maximum Gasteiger partial charge on any atom is 0.335 e. The fourth-order valence-corrected chi connectivity index (χ4v) is 2.11. The highest BCUT2D eigenvalue weighted by molar-refractivity contribution is 5.89. The van der Waals surface area contributed by atoms with Crippen LogP contribution in [0.2, 0.25) is 0 Å². The number of ether oxygens (including phenoxy) is 5. The molecule has 9 heteroatoms. The maximum atomic E-state index is 12.2. The normalized spacial score (nSPS) is 22.8. The molecule has 0 bridgehead atoms. The Morgan fingerprint density at radius 1 is 0.633 bits per heavy atom. The SMILES string of the molecule is C=C(C)C(=O)O[C@@H]1OC[C@@H](OC(=O)C(=C)C)[C@@H](OC(=O)C(=C)C)[C@@H]1OC(=O)C(=C)C. The van der Waals surface area contributed by atoms with Gasteiger partial charge in [0, 0.05) is 22.3 Å². The first-order valence-electron chi connectivity index (χ1n) is 8.92. The molecule has 30 heavy (non-hydrogen) atoms. The Hall–Kier alpha value is -3.20. The van der Waals surface area contributed by atoms with Crippen LogP contribution in [0.1, 0.15) is 27.7 Å². The van der Waals surface area contributed by atoms with E-state index in [1.807, 2.05) is 0 Å². The number of carbonyl (C=O) groups excluding carboxylic acids is 4. The second-order valence-corrected chi connectivity index (χ2v) is 6.91. The molecule has 0 aromatic rings. The molecular weight excluding hydrogens is 396 g/mol. The zero-order valence-electron chi connectivity index (χ0n) is 17.5. The average Bonchev–Trinajstić information content (AvgIpc) is 2.64. The van der Waals surface area contributed by atoms with Crippen LogP contribution < -0.4 is 0 Å². The number of hydrogen-bond donors (Lipinski definition) is 0. The molecule has 9 nitrogen and oxygen atoms in total. The third kappa shape index (κ3) is 6.70. The summed E-state index contributed by atoms with van der Waals surface area (Å²) in [5, 5.41) is 0. The summed E-state index contributed by atoms with van der Waals surface area (Å²) in [6.07, 6.45) is -5.46. The minimum Gasteiger partial charge on any atom is -0.452 e. The molecule has 0 amide bonds. The fourth-order valence-electron chi connectivity index (χ4n) is 2.11. The highest BCUT2D eigenvalue weighted by atomic mass is 16.7. The van der Waals surface area contributed by atoms with Gasteiger partial charge in [-0.05, 0) is 27.7 Å². The van der Waals surface area contributed by atoms with Gasteiger partial charge < -0.3 is 23.7 Å². The summed E-state index contributed by atoms with van der Waals surface area (Å²) in [7, 11) is 0. The van der Waals surface area contributed by atoms with Crippen molar-refractivity contribution in [1.82, 2.24) is 0 Å². The van der Waals surface area contributed by atoms with E-state index in [0.29, 0.717) is 0 Å². The summed E-state index contributed by atoms with van der Waals surface area (Å²) in [5.41, 5.74) is 0.235. The van der Waals surface area contributed by atoms with Crippen LogP contribution in [0.3, 0.4) is 0 Å². The lowest BCUT2D eigenvalue weighted by Gasteiger charge is -2.40. The van der Waals surface area contributed by atoms with E-state index < -0.39 is 48.5 Å². The van der Waals surface area contributed by atoms with Crippen molar-refractivity contribution in [3.05, 3.63) is 48.6 Å². The largest absolute Gasteiger partial charge is 0.452 e. The van der Waals surface area contributed by atoms with E-state index in [1.165, 1.54) is 27.7 Å². The Kier molecular flexibility index (Phi) is 8.73. The van der Waals surface area contributed by atoms with Gasteiger partial charge in [-0.2, -0.15) is 0 Å². The fraction of sp³-hybridized carbons (Fsp3) is 0.429. The first kappa shape index (κ1) is 24.8. The van der Waals surface area contributed by atoms with Gasteiger partial charge >= 0.3 is 23.9 Å². The highest BCUT2D eigenvalue weighted by Gasteiger charge is 2.49. The van der Waals surface area contributed by atoms with Crippen molar-refractivity contribution in [2.45, 2.75) is 52.3 Å². The van der Waals surface area contributed by atoms with Crippen molar-refractivity contribution in [2.24, 2.45) is 0 Å². The molecule has 164 valence electrons. The van der Waals surface area contributed by atoms with Crippen LogP contribution >= 0.6 is 0 Å². The van der Waals surface area contributed by atoms with Gasteiger partial charge in [0.1, 0.15) is 0 Å². The Bertz CT molecular complexity index is 726. The van der Waals surface area contributed by atoms with E-state index in [9.17, 15) is 19.2 Å². The standard InChI is InChI=1S/C21H26O9/c1-10(2)17(22)27-14-9-26-21(30-20(25)13(7)8)16(29-19(24)12(5)6)15(14)28-18(23)11(3)4/h14-16,21H,1,3,5,7,9H2,2,4,6,8H3/t14-,15-,16+,21+/m1/s1. The Morgan fingerprint density at radius 2 is 1.00 bits per heavy atom. The van der Waals surface area contributed by atoms with Crippen molar-refractivity contribution in [2.75, 3.05) is 6.61 Å². The maximum absolute atomic E-state index is 12.2. The molecular formula is C21H26O9. The van der Waals surface area contributed by atoms with E-state index >= 15 is 0 Å². The molecule has 0 aliphatic carbocycles. The molecule has 0 N–H and O–H groups in total. The number of esters is 4. The summed E-state index contributed by atoms with van der Waals surface area (Å²) in [6, 6.07) is 0. The zero-order valence-corrected chi connectivity index (χ0v) is 17.5. The third-order valence-corrected chi connectivity index (χ3v) is 3.74. The average molecular weight is 422 g/mol. The van der Waals surface area contributed by atoms with Gasteiger partial charge in [0.25, 0.3) is 0 Å². The topological polar surface area (TPSA) is 114 Å². The third-order valence-electron chi connectivity index (χ3n) is 3.74. The van der Waals surface area contributed by atoms with E-state index in [1.54, 1.807) is 0 Å². The second-order valence-electron chi connectivity index (χ2n) is 6.91. The Balaban J connectivity index is 3.32. The lowest BCUT2D eigenvalue weighted by atomic mass is 10.0. The lowest BCUT2D eigenvalue weighted by molar-refractivity contribution is -0.272. The van der Waals surface area contributed by atoms with Gasteiger partial charge in [-0.25, -0.2) is 19.2 Å². The Morgan fingerprint density at radius 3 is 1.43 bits per heavy atom. The molecule has 1 aliphatic heterocycles. The van der Waals surface area contributed by atoms with E-state index in [-0.39, 0.29) is 28.9 Å². The van der Waals surface area contributed by atoms with Crippen LogP contribution in [-0.2, 0) is 42.9 Å². The van der Waals surface area contributed by atoms with Crippen molar-refractivity contribution >= 4 is 23.9 Å². The molecule has 0 radical (unpaired) electrons. The summed E-state index contributed by atoms with van der Waals surface area (Å²) >= 11 is 0. The van der Waals surface area contributed by atoms with Crippen LogP contribution in [0.5, 0.6) is 0 Å². The Labute approximate surface area is 174 Å². The van der Waals surface area contributed by atoms with Crippen LogP contribution in [0.15, 0.2) is 48.6 Å². The molecule has 1 heterocycles. The second kappa shape index (κ2) is 10.5. The van der Waals surface area contributed by atoms with E-state index in [2.05, 4.69) is 26.3 Å². The van der Waals surface area contributed by atoms with Crippen LogP contribution in [0.25, 0.3) is 0 Å². The monoisotopic (exact) mass is 422 g/mol. The summed E-state index contributed by atoms with van der Waals surface area (Å²) < 4.78 is 26.6. The number of carbonyl (C=O) groups is 4. The van der Waals surface area contributed by atoms with Crippen molar-refractivity contribution in [3.63, 3.8) is 0 Å². The van der Waals surface area contributed by atoms with Crippen LogP contribution in [0, 0.1) is 0 Å². The van der Waals surface area contributed by atoms with Crippen molar-refractivity contribution in [3.8, 4) is 0 Å². The minimum absolute atomic E-state index is 0.0333. The van der Waals surface area contributed by atoms with E-state index in [0.717, 1.165) is 0 Å². The summed E-state index contributed by atoms with van der Waals surface area (Å²) in [5.74, 6) is -3.29. The smallest absolute Gasteiger partial charge is 0.335 e. The number of hydrogen-bond acceptors (Lipinski definition) is 9. The van der Waals surface area contributed by atoms with Crippen molar-refractivity contribution < 1.29 is 42.9 Å². The molecule has 0 unspecified atom stereocenters. The van der Waals surface area contributed by atoms with Crippen LogP contribution in [-0.4, -0.2) is 55.1 Å². The zero-order chi connectivity index (χ0) is 23.2. The molecule has 0 spiro atoms. The molecule has 0 saturated carbocycles. The predicted octanol–water partition coefficient (Wildman–Crippen LogP) is 1.93. The van der Waals surface area contributed by atoms with E-state index in [4.69, 9.17) is 23.7 Å². The highest BCUT2D eigenvalue weighted by Crippen LogP contribution is 2.27. The van der Waals surface area contributed by atoms with Gasteiger partial charge in [0.2, 0.25) is 12.4 Å². The molecule has 0 aromatic carbocycles. The molecule has 1 aliphatic rings. The number of rotatable bonds is 8. The van der Waals surface area contributed by atoms with Gasteiger partial charge in [-0.15, -0.1) is 0 Å². The molecule has 1 saturated heterocycles. The first-order valence-corrected chi connectivity index (χ1v) is 8.92. The summed E-state index contributed by atoms with van der Waals surface area (Å²) in [4.78, 5) is 48.3. The van der Waals surface area contributed by atoms with Crippen molar-refractivity contribution in [1.29, 1.82) is 0 Å². The van der Waals surface area contributed by atoms with Gasteiger partial charge in [0.15, 0.2) is 12.2 Å². The molecule has 1 rings (SSSR count). The van der Waals surface area contributed by atoms with Gasteiger partial charge in [0.05, 0.1) is 6.61 Å². The lowest BCUT2D eigenvalue weighted by Crippen LogP contribution is -2.58. The minimum atomic E-state index is -1.46. The van der Waals surface area contributed by atoms with Crippen LogP contribution in [0.4, 0.5) is 0 Å². The first-order chi connectivity index (χ1) is 13.8. The van der Waals surface area contributed by atoms with Gasteiger partial charge in [-0.3, -0.25) is 0 Å². The predicted molar refractivity (Wildman–Crippen MR) is 105 cm³/mol. The molecule has 0 aromatic heterocycles. The summed E-state index contributed by atoms with van der Waals surface area (Å²) in [6.45, 7) is 19.3. The molecule has 1 fully saturated rings. The molecule has 4 atom stereocenters. The quantitative estimate of drug-likeness (QED) is 0.329.